The summed E-state index contributed by atoms with van der Waals surface area (Å²) in [5, 5.41) is 24.9. The zero-order valence-electron chi connectivity index (χ0n) is 50.7. The summed E-state index contributed by atoms with van der Waals surface area (Å²) < 4.78 is 42.3. The van der Waals surface area contributed by atoms with Crippen LogP contribution in [0.25, 0.3) is 10.8 Å². The number of hydrogen-bond donors (Lipinski definition) is 3. The van der Waals surface area contributed by atoms with Gasteiger partial charge in [0.25, 0.3) is 17.4 Å². The second-order valence-electron chi connectivity index (χ2n) is 23.9. The number of anilines is 1. The SMILES string of the molecule is COc1ccc(COC(=O)C2=C(C[N+]34CCC(Cn5ncc6cc(OCc7ccc(OC)cc7)c(OCc7ccc(OC)cc7)c(Cl)c6c5=O)(CC3)CC4)[C@H](C)S[C@@H]3[C@H](NC(=O)/C(=N\OC(C)(C)C(=O)O)c4csc(NC(=O)OC(C)(C)C)n4)C(=O)N23)cc1. The number of thiazole rings is 1. The molecule has 89 heavy (non-hydrogen) atoms. The quantitative estimate of drug-likeness (QED) is 0.0177. The minimum Gasteiger partial charge on any atom is -0.497 e. The van der Waals surface area contributed by atoms with E-state index in [4.69, 9.17) is 54.7 Å². The molecular formula is C63H70ClN8O15S2+. The van der Waals surface area contributed by atoms with Gasteiger partial charge in [-0.15, -0.1) is 23.1 Å². The molecule has 2 aromatic heterocycles. The predicted octanol–water partition coefficient (Wildman–Crippen LogP) is 9.11. The Morgan fingerprint density at radius 1 is 0.831 bits per heavy atom. The fourth-order valence-corrected chi connectivity index (χ4v) is 13.5. The van der Waals surface area contributed by atoms with Crippen molar-refractivity contribution in [1.29, 1.82) is 0 Å². The zero-order chi connectivity index (χ0) is 63.6. The molecule has 7 heterocycles. The monoisotopic (exact) mass is 1280 g/mol. The number of aromatic nitrogens is 3. The van der Waals surface area contributed by atoms with Crippen LogP contribution in [0.5, 0.6) is 28.7 Å². The Hall–Kier alpha value is -8.39. The van der Waals surface area contributed by atoms with Crippen molar-refractivity contribution in [3.05, 3.63) is 139 Å². The lowest BCUT2D eigenvalue weighted by atomic mass is 9.70. The molecular weight excluding hydrogens is 1210 g/mol. The van der Waals surface area contributed by atoms with Crippen LogP contribution in [0.1, 0.15) is 83.2 Å². The van der Waals surface area contributed by atoms with Gasteiger partial charge in [-0.3, -0.25) is 24.6 Å². The van der Waals surface area contributed by atoms with Crippen molar-refractivity contribution in [3.8, 4) is 28.7 Å². The van der Waals surface area contributed by atoms with E-state index in [1.54, 1.807) is 78.6 Å². The van der Waals surface area contributed by atoms with Crippen molar-refractivity contribution in [2.75, 3.05) is 52.8 Å². The molecule has 3 amide bonds. The molecule has 5 aliphatic heterocycles. The summed E-state index contributed by atoms with van der Waals surface area (Å²) in [5.41, 5.74) is -0.701. The number of piperidine rings is 3. The summed E-state index contributed by atoms with van der Waals surface area (Å²) in [4.78, 5) is 94.2. The molecule has 4 fully saturated rings. The van der Waals surface area contributed by atoms with Crippen molar-refractivity contribution >= 4 is 86.2 Å². The molecule has 26 heteroatoms. The molecule has 3 atom stereocenters. The van der Waals surface area contributed by atoms with Gasteiger partial charge in [0.2, 0.25) is 5.60 Å². The number of β-lactam (4-membered cyclic amide) rings is 1. The molecule has 23 nitrogen and oxygen atoms in total. The Kier molecular flexibility index (Phi) is 18.6. The van der Waals surface area contributed by atoms with Crippen LogP contribution in [0, 0.1) is 5.41 Å². The van der Waals surface area contributed by atoms with Crippen molar-refractivity contribution in [2.45, 2.75) is 115 Å². The number of thioether (sulfide) groups is 1. The Bertz CT molecular complexity index is 3790. The number of benzene rings is 4. The van der Waals surface area contributed by atoms with Crippen molar-refractivity contribution in [2.24, 2.45) is 10.6 Å². The van der Waals surface area contributed by atoms with Gasteiger partial charge in [-0.2, -0.15) is 5.10 Å². The van der Waals surface area contributed by atoms with E-state index >= 15 is 0 Å². The molecule has 0 aliphatic carbocycles. The maximum Gasteiger partial charge on any atom is 0.413 e. The highest BCUT2D eigenvalue weighted by Crippen LogP contribution is 2.50. The first-order valence-electron chi connectivity index (χ1n) is 28.8. The van der Waals surface area contributed by atoms with Crippen molar-refractivity contribution in [1.82, 2.24) is 25.0 Å². The molecule has 2 bridgehead atoms. The molecule has 4 saturated heterocycles. The number of oxime groups is 1. The number of amides is 3. The average molecular weight is 1280 g/mol. The molecule has 11 rings (SSSR count). The van der Waals surface area contributed by atoms with E-state index in [9.17, 15) is 33.9 Å². The van der Waals surface area contributed by atoms with Gasteiger partial charge < -0.3 is 52.9 Å². The van der Waals surface area contributed by atoms with Crippen LogP contribution in [0.3, 0.4) is 0 Å². The second kappa shape index (κ2) is 26.0. The van der Waals surface area contributed by atoms with Crippen LogP contribution < -0.4 is 39.9 Å². The number of rotatable bonds is 23. The summed E-state index contributed by atoms with van der Waals surface area (Å²) >= 11 is 9.59. The Balaban J connectivity index is 0.887. The molecule has 0 saturated carbocycles. The average Bonchev–Trinajstić information content (AvgIpc) is 0.795. The summed E-state index contributed by atoms with van der Waals surface area (Å²) in [6.45, 7) is 12.6. The van der Waals surface area contributed by atoms with E-state index < -0.39 is 58.2 Å². The maximum absolute atomic E-state index is 14.7. The highest BCUT2D eigenvalue weighted by Gasteiger charge is 2.58. The lowest BCUT2D eigenvalue weighted by Gasteiger charge is -2.56. The summed E-state index contributed by atoms with van der Waals surface area (Å²) in [5.74, 6) is -1.01. The second-order valence-corrected chi connectivity index (χ2v) is 26.6. The number of aliphatic carboxylic acids is 1. The van der Waals surface area contributed by atoms with Gasteiger partial charge in [-0.1, -0.05) is 53.2 Å². The fraction of sp³-hybridized carbons (Fsp3) is 0.413. The Morgan fingerprint density at radius 2 is 1.40 bits per heavy atom. The van der Waals surface area contributed by atoms with Gasteiger partial charge >= 0.3 is 18.0 Å². The third kappa shape index (κ3) is 14.1. The van der Waals surface area contributed by atoms with Crippen LogP contribution in [0.2, 0.25) is 5.02 Å². The van der Waals surface area contributed by atoms with Crippen molar-refractivity contribution < 1.29 is 71.6 Å². The van der Waals surface area contributed by atoms with Crippen LogP contribution >= 0.6 is 34.7 Å². The zero-order valence-corrected chi connectivity index (χ0v) is 53.1. The number of fused-ring (bicyclic) bond motifs is 5. The van der Waals surface area contributed by atoms with Crippen LogP contribution in [-0.4, -0.2) is 140 Å². The number of carbonyl (C=O) groups excluding carboxylic acids is 4. The Morgan fingerprint density at radius 3 is 1.97 bits per heavy atom. The fourth-order valence-electron chi connectivity index (χ4n) is 11.1. The standard InChI is InChI=1S/C63H69ClN8O15S2/c1-36-44(30-72-25-22-63(23-26-72,24-27-72)35-70-54(74)47-40(29-65-70)28-46(83-31-37-10-16-41(80-7)17-11-37)52(48(47)64)84-32-38-12-18-42(81-8)19-13-38)51(57(76)85-33-39-14-20-43(82-9)21-15-39)71-55(75)50(56(71)89-36)67-53(73)49(69-87-62(5,6)58(77)78)45-34-88-59(66-45)68-60(79)86-61(2,3)4/h10-21,28-29,34,36,50,56H,22-27,30-33,35H2,1-9H3,(H2-,66,67,68,73,77,78,79)/p+1/b69-49-/t36-,50+,56+,63?,72?/m0/s1. The number of nitrogens with one attached hydrogen (secondary N) is 2. The number of carbonyl (C=O) groups is 5. The van der Waals surface area contributed by atoms with Gasteiger partial charge in [0, 0.05) is 46.3 Å². The summed E-state index contributed by atoms with van der Waals surface area (Å²) in [6, 6.07) is 22.5. The minimum absolute atomic E-state index is 0.0399. The van der Waals surface area contributed by atoms with E-state index in [2.05, 4.69) is 20.8 Å². The number of nitrogens with zero attached hydrogens (tertiary/aromatic N) is 6. The third-order valence-corrected chi connectivity index (χ3v) is 18.9. The Labute approximate surface area is 526 Å². The lowest BCUT2D eigenvalue weighted by Crippen LogP contribution is -2.72. The largest absolute Gasteiger partial charge is 0.497 e. The third-order valence-electron chi connectivity index (χ3n) is 16.3. The molecule has 6 aromatic rings. The van der Waals surface area contributed by atoms with Crippen LogP contribution in [-0.2, 0) is 59.9 Å². The van der Waals surface area contributed by atoms with E-state index in [1.165, 1.54) is 40.6 Å². The highest BCUT2D eigenvalue weighted by atomic mass is 35.5. The van der Waals surface area contributed by atoms with E-state index in [0.717, 1.165) is 47.3 Å². The topological polar surface area (TPSA) is 267 Å². The molecule has 3 N–H and O–H groups in total. The number of carboxylic acids is 1. The van der Waals surface area contributed by atoms with Crippen LogP contribution in [0.15, 0.2) is 112 Å². The van der Waals surface area contributed by atoms with Crippen LogP contribution in [0.4, 0.5) is 9.93 Å². The first kappa shape index (κ1) is 63.6. The molecule has 0 radical (unpaired) electrons. The van der Waals surface area contributed by atoms with Gasteiger partial charge in [-0.25, -0.2) is 24.0 Å². The number of carboxylic acid groups (broad SMARTS) is 1. The number of quaternary nitrogens is 1. The lowest BCUT2D eigenvalue weighted by molar-refractivity contribution is -0.941. The summed E-state index contributed by atoms with van der Waals surface area (Å²) in [6.07, 6.45) is 3.05. The number of methoxy groups -OCH3 is 3. The highest BCUT2D eigenvalue weighted by molar-refractivity contribution is 8.00. The van der Waals surface area contributed by atoms with E-state index in [-0.39, 0.29) is 68.7 Å². The predicted molar refractivity (Wildman–Crippen MR) is 332 cm³/mol. The first-order valence-corrected chi connectivity index (χ1v) is 31.0. The number of hydrogen-bond acceptors (Lipinski definition) is 19. The molecule has 470 valence electrons. The number of ether oxygens (including phenoxy) is 7. The van der Waals surface area contributed by atoms with E-state index in [1.807, 2.05) is 55.5 Å². The van der Waals surface area contributed by atoms with Gasteiger partial charge in [0.05, 0.1) is 64.1 Å². The summed E-state index contributed by atoms with van der Waals surface area (Å²) in [7, 11) is 4.75. The molecule has 5 aliphatic rings. The smallest absolute Gasteiger partial charge is 0.413 e. The molecule has 0 unspecified atom stereocenters. The maximum atomic E-state index is 14.7. The normalized spacial score (nSPS) is 20.7. The number of halogens is 1. The molecule has 0 spiro atoms. The van der Waals surface area contributed by atoms with Gasteiger partial charge in [0.1, 0.15) is 72.0 Å². The van der Waals surface area contributed by atoms with Gasteiger partial charge in [0.15, 0.2) is 22.3 Å². The van der Waals surface area contributed by atoms with Gasteiger partial charge in [-0.05, 0) is 101 Å². The number of esters is 1. The first-order chi connectivity index (χ1) is 42.4. The minimum atomic E-state index is -1.89. The van der Waals surface area contributed by atoms with E-state index in [0.29, 0.717) is 71.2 Å². The van der Waals surface area contributed by atoms with Crippen molar-refractivity contribution in [3.63, 3.8) is 0 Å². The molecule has 4 aromatic carbocycles.